The molecule has 1 atom stereocenters. The Labute approximate surface area is 106 Å². The molecular weight excluding hydrogens is 234 g/mol. The molecule has 18 heavy (non-hydrogen) atoms. The smallest absolute Gasteiger partial charge is 0.163 e. The largest absolute Gasteiger partial charge is 0.294 e. The summed E-state index contributed by atoms with van der Waals surface area (Å²) < 4.78 is 26.2. The van der Waals surface area contributed by atoms with Crippen LogP contribution >= 0.6 is 0 Å². The first-order valence-electron chi connectivity index (χ1n) is 6.22. The van der Waals surface area contributed by atoms with E-state index in [-0.39, 0.29) is 17.8 Å². The quantitative estimate of drug-likeness (QED) is 0.797. The Morgan fingerprint density at radius 3 is 2.78 bits per heavy atom. The first-order chi connectivity index (χ1) is 8.56. The average molecular weight is 250 g/mol. The second kappa shape index (κ2) is 5.42. The predicted octanol–water partition coefficient (Wildman–Crippen LogP) is 3.82. The van der Waals surface area contributed by atoms with E-state index in [4.69, 9.17) is 0 Å². The van der Waals surface area contributed by atoms with Crippen LogP contribution in [0, 0.1) is 17.6 Å². The zero-order chi connectivity index (χ0) is 13.1. The Hall–Kier alpha value is -1.51. The zero-order valence-corrected chi connectivity index (χ0v) is 10.4. The second-order valence-corrected chi connectivity index (χ2v) is 4.94. The third-order valence-corrected chi connectivity index (χ3v) is 3.40. The molecule has 1 unspecified atom stereocenters. The van der Waals surface area contributed by atoms with Gasteiger partial charge < -0.3 is 0 Å². The maximum Gasteiger partial charge on any atom is 0.163 e. The highest BCUT2D eigenvalue weighted by atomic mass is 19.1. The van der Waals surface area contributed by atoms with Crippen molar-refractivity contribution in [3.63, 3.8) is 0 Å². The molecule has 1 nitrogen and oxygen atoms in total. The molecule has 0 spiro atoms. The normalized spacial score (nSPS) is 19.5. The molecule has 0 radical (unpaired) electrons. The molecule has 1 aliphatic rings. The number of halogens is 2. The van der Waals surface area contributed by atoms with Gasteiger partial charge in [0.1, 0.15) is 11.6 Å². The van der Waals surface area contributed by atoms with Crippen LogP contribution in [0.2, 0.25) is 0 Å². The third kappa shape index (κ3) is 3.03. The molecule has 0 fully saturated rings. The van der Waals surface area contributed by atoms with E-state index in [2.05, 4.69) is 6.92 Å². The lowest BCUT2D eigenvalue weighted by atomic mass is 9.88. The van der Waals surface area contributed by atoms with Crippen molar-refractivity contribution >= 4 is 5.78 Å². The average Bonchev–Trinajstić information content (AvgIpc) is 2.33. The van der Waals surface area contributed by atoms with Crippen LogP contribution in [0.25, 0.3) is 0 Å². The van der Waals surface area contributed by atoms with Gasteiger partial charge in [0.05, 0.1) is 0 Å². The van der Waals surface area contributed by atoms with Crippen LogP contribution in [0.1, 0.15) is 31.7 Å². The molecule has 1 aromatic carbocycles. The van der Waals surface area contributed by atoms with Gasteiger partial charge in [-0.1, -0.05) is 19.1 Å². The van der Waals surface area contributed by atoms with Crippen LogP contribution in [0.3, 0.4) is 0 Å². The number of ketones is 1. The molecule has 3 heteroatoms. The van der Waals surface area contributed by atoms with E-state index in [0.717, 1.165) is 30.9 Å². The maximum absolute atomic E-state index is 13.4. The van der Waals surface area contributed by atoms with Crippen molar-refractivity contribution < 1.29 is 13.6 Å². The number of carbonyl (C=O) groups excluding carboxylic acids is 1. The predicted molar refractivity (Wildman–Crippen MR) is 66.2 cm³/mol. The number of rotatable bonds is 3. The lowest BCUT2D eigenvalue weighted by Crippen LogP contribution is -2.12. The molecule has 1 aliphatic carbocycles. The van der Waals surface area contributed by atoms with Crippen LogP contribution in [0.4, 0.5) is 8.78 Å². The molecule has 0 N–H and O–H groups in total. The number of benzene rings is 1. The summed E-state index contributed by atoms with van der Waals surface area (Å²) in [6, 6.07) is 3.34. The van der Waals surface area contributed by atoms with Gasteiger partial charge >= 0.3 is 0 Å². The first kappa shape index (κ1) is 12.9. The number of allylic oxidation sites excluding steroid dienone is 2. The minimum absolute atomic E-state index is 0.0202. The van der Waals surface area contributed by atoms with Gasteiger partial charge in [-0.15, -0.1) is 0 Å². The van der Waals surface area contributed by atoms with Crippen LogP contribution in [0.15, 0.2) is 29.8 Å². The van der Waals surface area contributed by atoms with Crippen LogP contribution in [-0.2, 0) is 11.2 Å². The molecule has 0 aliphatic heterocycles. The van der Waals surface area contributed by atoms with Crippen LogP contribution in [0.5, 0.6) is 0 Å². The number of carbonyl (C=O) groups is 1. The van der Waals surface area contributed by atoms with Gasteiger partial charge in [0.15, 0.2) is 5.78 Å². The summed E-state index contributed by atoms with van der Waals surface area (Å²) in [5, 5.41) is 0. The van der Waals surface area contributed by atoms with E-state index < -0.39 is 11.6 Å². The van der Waals surface area contributed by atoms with Crippen molar-refractivity contribution in [1.29, 1.82) is 0 Å². The van der Waals surface area contributed by atoms with Crippen molar-refractivity contribution in [2.45, 2.75) is 32.6 Å². The molecular formula is C15H16F2O. The maximum atomic E-state index is 13.4. The Kier molecular flexibility index (Phi) is 3.90. The van der Waals surface area contributed by atoms with Gasteiger partial charge in [-0.2, -0.15) is 0 Å². The van der Waals surface area contributed by atoms with Crippen molar-refractivity contribution in [2.75, 3.05) is 0 Å². The highest BCUT2D eigenvalue weighted by molar-refractivity contribution is 5.96. The second-order valence-electron chi connectivity index (χ2n) is 4.94. The van der Waals surface area contributed by atoms with Gasteiger partial charge in [-0.3, -0.25) is 4.79 Å². The van der Waals surface area contributed by atoms with Gasteiger partial charge in [-0.25, -0.2) is 8.78 Å². The summed E-state index contributed by atoms with van der Waals surface area (Å²) in [5.74, 6) is -0.695. The van der Waals surface area contributed by atoms with Gasteiger partial charge in [0.25, 0.3) is 0 Å². The summed E-state index contributed by atoms with van der Waals surface area (Å²) in [6.45, 7) is 2.15. The van der Waals surface area contributed by atoms with E-state index in [9.17, 15) is 13.6 Å². The number of Topliss-reactive ketones (excluding diaryl/α,β-unsaturated/α-hetero) is 1. The molecule has 96 valence electrons. The van der Waals surface area contributed by atoms with Crippen LogP contribution in [-0.4, -0.2) is 5.78 Å². The Bertz CT molecular complexity index is 491. The molecule has 1 aromatic rings. The monoisotopic (exact) mass is 250 g/mol. The van der Waals surface area contributed by atoms with Gasteiger partial charge in [0, 0.05) is 12.5 Å². The summed E-state index contributed by atoms with van der Waals surface area (Å²) in [7, 11) is 0. The SMILES string of the molecule is CC1CC=C(C(=O)Cc2ccc(F)cc2F)CC1. The van der Waals surface area contributed by atoms with E-state index in [1.54, 1.807) is 0 Å². The highest BCUT2D eigenvalue weighted by Crippen LogP contribution is 2.24. The summed E-state index contributed by atoms with van der Waals surface area (Å²) in [6.07, 6.45) is 4.66. The van der Waals surface area contributed by atoms with Gasteiger partial charge in [0.2, 0.25) is 0 Å². The minimum Gasteiger partial charge on any atom is -0.294 e. The lowest BCUT2D eigenvalue weighted by Gasteiger charge is -2.17. The summed E-state index contributed by atoms with van der Waals surface area (Å²) in [5.41, 5.74) is 1.05. The van der Waals surface area contributed by atoms with Crippen molar-refractivity contribution in [3.05, 3.63) is 47.0 Å². The van der Waals surface area contributed by atoms with Crippen molar-refractivity contribution in [3.8, 4) is 0 Å². The molecule has 0 bridgehead atoms. The zero-order valence-electron chi connectivity index (χ0n) is 10.4. The Balaban J connectivity index is 2.07. The molecule has 0 aromatic heterocycles. The fraction of sp³-hybridized carbons (Fsp3) is 0.400. The minimum atomic E-state index is -0.645. The first-order valence-corrected chi connectivity index (χ1v) is 6.22. The number of hydrogen-bond donors (Lipinski definition) is 0. The third-order valence-electron chi connectivity index (χ3n) is 3.40. The van der Waals surface area contributed by atoms with Crippen molar-refractivity contribution in [2.24, 2.45) is 5.92 Å². The van der Waals surface area contributed by atoms with Crippen molar-refractivity contribution in [1.82, 2.24) is 0 Å². The summed E-state index contributed by atoms with van der Waals surface area (Å²) in [4.78, 5) is 12.0. The van der Waals surface area contributed by atoms with E-state index in [1.165, 1.54) is 12.1 Å². The highest BCUT2D eigenvalue weighted by Gasteiger charge is 2.17. The molecule has 0 saturated carbocycles. The fourth-order valence-corrected chi connectivity index (χ4v) is 2.17. The van der Waals surface area contributed by atoms with Crippen LogP contribution < -0.4 is 0 Å². The van der Waals surface area contributed by atoms with E-state index in [0.29, 0.717) is 5.92 Å². The summed E-state index contributed by atoms with van der Waals surface area (Å²) >= 11 is 0. The number of hydrogen-bond acceptors (Lipinski definition) is 1. The molecule has 2 rings (SSSR count). The lowest BCUT2D eigenvalue weighted by molar-refractivity contribution is -0.115. The topological polar surface area (TPSA) is 17.1 Å². The Morgan fingerprint density at radius 1 is 1.39 bits per heavy atom. The van der Waals surface area contributed by atoms with E-state index >= 15 is 0 Å². The molecule has 0 heterocycles. The van der Waals surface area contributed by atoms with E-state index in [1.807, 2.05) is 6.08 Å². The van der Waals surface area contributed by atoms with Gasteiger partial charge in [-0.05, 0) is 42.4 Å². The standard InChI is InChI=1S/C15H16F2O/c1-10-2-4-11(5-3-10)15(18)8-12-6-7-13(16)9-14(12)17/h4,6-7,9-10H,2-3,5,8H2,1H3. The Morgan fingerprint density at radius 2 is 2.17 bits per heavy atom. The fourth-order valence-electron chi connectivity index (χ4n) is 2.17. The molecule has 0 saturated heterocycles. The molecule has 0 amide bonds.